The van der Waals surface area contributed by atoms with Crippen molar-refractivity contribution in [1.82, 2.24) is 5.32 Å². The number of rotatable bonds is 6. The molecule has 0 saturated heterocycles. The summed E-state index contributed by atoms with van der Waals surface area (Å²) in [5, 5.41) is 12.6. The van der Waals surface area contributed by atoms with Gasteiger partial charge in [-0.05, 0) is 31.4 Å². The normalized spacial score (nSPS) is 20.0. The van der Waals surface area contributed by atoms with Crippen LogP contribution in [0, 0.1) is 5.92 Å². The first-order valence-corrected chi connectivity index (χ1v) is 6.87. The molecule has 1 aliphatic rings. The maximum Gasteiger partial charge on any atom is 0.124 e. The van der Waals surface area contributed by atoms with E-state index in [9.17, 15) is 0 Å². The summed E-state index contributed by atoms with van der Waals surface area (Å²) < 4.78 is 5.64. The van der Waals surface area contributed by atoms with Crippen LogP contribution in [-0.4, -0.2) is 24.9 Å². The first-order valence-electron chi connectivity index (χ1n) is 6.87. The summed E-state index contributed by atoms with van der Waals surface area (Å²) in [5.74, 6) is 1.43. The quantitative estimate of drug-likeness (QED) is 0.761. The number of aliphatic hydroxyl groups excluding tert-OH is 1. The fourth-order valence-electron chi connectivity index (χ4n) is 2.37. The molecule has 0 amide bonds. The zero-order valence-corrected chi connectivity index (χ0v) is 11.1. The maximum atomic E-state index is 8.98. The Morgan fingerprint density at radius 2 is 2.28 bits per heavy atom. The van der Waals surface area contributed by atoms with Gasteiger partial charge in [-0.3, -0.25) is 0 Å². The topological polar surface area (TPSA) is 41.5 Å². The van der Waals surface area contributed by atoms with E-state index in [0.717, 1.165) is 38.2 Å². The highest BCUT2D eigenvalue weighted by Gasteiger charge is 2.19. The monoisotopic (exact) mass is 249 g/mol. The van der Waals surface area contributed by atoms with E-state index in [1.807, 2.05) is 12.1 Å². The lowest BCUT2D eigenvalue weighted by Gasteiger charge is -2.26. The van der Waals surface area contributed by atoms with Crippen LogP contribution in [0.25, 0.3) is 0 Å². The van der Waals surface area contributed by atoms with Crippen LogP contribution < -0.4 is 10.1 Å². The van der Waals surface area contributed by atoms with Crippen LogP contribution in [0.15, 0.2) is 24.3 Å². The maximum absolute atomic E-state index is 8.98. The number of fused-ring (bicyclic) bond motifs is 1. The molecule has 1 aromatic carbocycles. The molecular formula is C15H23NO2. The molecule has 0 aliphatic carbocycles. The Labute approximate surface area is 109 Å². The number of hydrogen-bond acceptors (Lipinski definition) is 3. The third-order valence-electron chi connectivity index (χ3n) is 3.53. The Morgan fingerprint density at radius 1 is 1.44 bits per heavy atom. The predicted octanol–water partition coefficient (Wildman–Crippen LogP) is 2.51. The lowest BCUT2D eigenvalue weighted by molar-refractivity contribution is 0.225. The van der Waals surface area contributed by atoms with Gasteiger partial charge in [0.25, 0.3) is 0 Å². The van der Waals surface area contributed by atoms with Crippen LogP contribution in [-0.2, 0) is 0 Å². The van der Waals surface area contributed by atoms with E-state index in [2.05, 4.69) is 24.4 Å². The fraction of sp³-hybridized carbons (Fsp3) is 0.600. The van der Waals surface area contributed by atoms with E-state index in [1.165, 1.54) is 5.56 Å². The van der Waals surface area contributed by atoms with Crippen LogP contribution in [0.2, 0.25) is 0 Å². The fourth-order valence-corrected chi connectivity index (χ4v) is 2.37. The average Bonchev–Trinajstić information content (AvgIpc) is 2.43. The van der Waals surface area contributed by atoms with Gasteiger partial charge in [0.1, 0.15) is 5.75 Å². The average molecular weight is 249 g/mol. The van der Waals surface area contributed by atoms with Crippen LogP contribution in [0.3, 0.4) is 0 Å². The predicted molar refractivity (Wildman–Crippen MR) is 72.8 cm³/mol. The largest absolute Gasteiger partial charge is 0.493 e. The molecule has 1 aliphatic heterocycles. The smallest absolute Gasteiger partial charge is 0.124 e. The number of ether oxygens (including phenoxy) is 1. The van der Waals surface area contributed by atoms with E-state index in [0.29, 0.717) is 18.6 Å². The first kappa shape index (κ1) is 13.4. The lowest BCUT2D eigenvalue weighted by atomic mass is 10.00. The van der Waals surface area contributed by atoms with E-state index in [1.54, 1.807) is 0 Å². The van der Waals surface area contributed by atoms with Gasteiger partial charge in [-0.1, -0.05) is 25.1 Å². The molecule has 3 heteroatoms. The Kier molecular flexibility index (Phi) is 5.02. The summed E-state index contributed by atoms with van der Waals surface area (Å²) in [7, 11) is 0. The molecule has 18 heavy (non-hydrogen) atoms. The minimum Gasteiger partial charge on any atom is -0.493 e. The minimum atomic E-state index is 0.292. The van der Waals surface area contributed by atoms with Gasteiger partial charge in [-0.2, -0.15) is 0 Å². The Morgan fingerprint density at radius 3 is 3.11 bits per heavy atom. The van der Waals surface area contributed by atoms with E-state index in [4.69, 9.17) is 9.84 Å². The summed E-state index contributed by atoms with van der Waals surface area (Å²) in [4.78, 5) is 0. The second-order valence-electron chi connectivity index (χ2n) is 5.11. The molecule has 2 N–H and O–H groups in total. The van der Waals surface area contributed by atoms with Crippen molar-refractivity contribution in [3.05, 3.63) is 29.8 Å². The molecule has 0 bridgehead atoms. The summed E-state index contributed by atoms with van der Waals surface area (Å²) in [6, 6.07) is 8.68. The van der Waals surface area contributed by atoms with E-state index < -0.39 is 0 Å². The molecule has 1 heterocycles. The molecule has 0 aromatic heterocycles. The molecule has 100 valence electrons. The Bertz CT molecular complexity index is 367. The van der Waals surface area contributed by atoms with Gasteiger partial charge in [0.15, 0.2) is 0 Å². The van der Waals surface area contributed by atoms with Crippen molar-refractivity contribution in [1.29, 1.82) is 0 Å². The highest BCUT2D eigenvalue weighted by molar-refractivity contribution is 5.37. The number of hydrogen-bond donors (Lipinski definition) is 2. The van der Waals surface area contributed by atoms with Gasteiger partial charge in [0.05, 0.1) is 6.61 Å². The van der Waals surface area contributed by atoms with Crippen molar-refractivity contribution in [3.8, 4) is 5.75 Å². The number of aliphatic hydroxyl groups is 1. The number of nitrogens with one attached hydrogen (secondary N) is 1. The SMILES string of the molecule is CC(CO)CCCNC1CCOc2ccccc21. The van der Waals surface area contributed by atoms with Crippen LogP contribution in [0.5, 0.6) is 5.75 Å². The lowest BCUT2D eigenvalue weighted by Crippen LogP contribution is -2.28. The van der Waals surface area contributed by atoms with Gasteiger partial charge < -0.3 is 15.2 Å². The minimum absolute atomic E-state index is 0.292. The second-order valence-corrected chi connectivity index (χ2v) is 5.11. The molecule has 0 spiro atoms. The Hall–Kier alpha value is -1.06. The highest BCUT2D eigenvalue weighted by Crippen LogP contribution is 2.31. The summed E-state index contributed by atoms with van der Waals surface area (Å²) in [6.45, 7) is 4.18. The molecule has 0 saturated carbocycles. The molecule has 2 atom stereocenters. The number of benzene rings is 1. The third-order valence-corrected chi connectivity index (χ3v) is 3.53. The standard InChI is InChI=1S/C15H23NO2/c1-12(11-17)5-4-9-16-14-8-10-18-15-7-3-2-6-13(14)15/h2-3,6-7,12,14,16-17H,4-5,8-11H2,1H3. The number of para-hydroxylation sites is 1. The molecule has 2 unspecified atom stereocenters. The van der Waals surface area contributed by atoms with Crippen molar-refractivity contribution < 1.29 is 9.84 Å². The van der Waals surface area contributed by atoms with Crippen molar-refractivity contribution in [2.45, 2.75) is 32.2 Å². The zero-order valence-electron chi connectivity index (χ0n) is 11.1. The molecular weight excluding hydrogens is 226 g/mol. The summed E-state index contributed by atoms with van der Waals surface area (Å²) in [5.41, 5.74) is 1.28. The Balaban J connectivity index is 1.81. The van der Waals surface area contributed by atoms with E-state index in [-0.39, 0.29) is 0 Å². The highest BCUT2D eigenvalue weighted by atomic mass is 16.5. The summed E-state index contributed by atoms with van der Waals surface area (Å²) >= 11 is 0. The van der Waals surface area contributed by atoms with Gasteiger partial charge >= 0.3 is 0 Å². The van der Waals surface area contributed by atoms with Crippen molar-refractivity contribution in [3.63, 3.8) is 0 Å². The second kappa shape index (κ2) is 6.76. The van der Waals surface area contributed by atoms with Gasteiger partial charge in [-0.15, -0.1) is 0 Å². The van der Waals surface area contributed by atoms with E-state index >= 15 is 0 Å². The van der Waals surface area contributed by atoms with Gasteiger partial charge in [0.2, 0.25) is 0 Å². The molecule has 0 radical (unpaired) electrons. The van der Waals surface area contributed by atoms with Crippen molar-refractivity contribution in [2.24, 2.45) is 5.92 Å². The molecule has 3 nitrogen and oxygen atoms in total. The van der Waals surface area contributed by atoms with Crippen LogP contribution in [0.4, 0.5) is 0 Å². The van der Waals surface area contributed by atoms with Gasteiger partial charge in [-0.25, -0.2) is 0 Å². The molecule has 0 fully saturated rings. The summed E-state index contributed by atoms with van der Waals surface area (Å²) in [6.07, 6.45) is 3.22. The van der Waals surface area contributed by atoms with Crippen LogP contribution in [0.1, 0.15) is 37.8 Å². The molecule has 1 aromatic rings. The first-order chi connectivity index (χ1) is 8.81. The van der Waals surface area contributed by atoms with Crippen LogP contribution >= 0.6 is 0 Å². The zero-order chi connectivity index (χ0) is 12.8. The molecule has 2 rings (SSSR count). The third kappa shape index (κ3) is 3.47. The van der Waals surface area contributed by atoms with Crippen molar-refractivity contribution in [2.75, 3.05) is 19.8 Å². The van der Waals surface area contributed by atoms with Gasteiger partial charge in [0, 0.05) is 24.6 Å². The van der Waals surface area contributed by atoms with Crippen molar-refractivity contribution >= 4 is 0 Å².